The van der Waals surface area contributed by atoms with Gasteiger partial charge in [0.15, 0.2) is 0 Å². The van der Waals surface area contributed by atoms with E-state index in [2.05, 4.69) is 12.2 Å². The third-order valence-corrected chi connectivity index (χ3v) is 5.02. The molecular formula is C24H29NO5. The molecule has 0 fully saturated rings. The van der Waals surface area contributed by atoms with Gasteiger partial charge in [0.1, 0.15) is 0 Å². The number of rotatable bonds is 9. The zero-order chi connectivity index (χ0) is 22.3. The van der Waals surface area contributed by atoms with Gasteiger partial charge < -0.3 is 15.2 Å². The standard InChI is InChI=1S/C24H29NO5/c1-15(2)20-11-10-19(23(27)28)14-21(20)25-22(26)12-5-16(3)13-17-6-8-18(9-7-17)24(29)30-4/h6-11,14-16H,5,12-13H2,1-4H3,(H,25,26)(H,27,28). The fourth-order valence-corrected chi connectivity index (χ4v) is 3.29. The summed E-state index contributed by atoms with van der Waals surface area (Å²) < 4.78 is 4.70. The first-order chi connectivity index (χ1) is 14.2. The predicted molar refractivity (Wildman–Crippen MR) is 116 cm³/mol. The third-order valence-electron chi connectivity index (χ3n) is 5.02. The molecule has 30 heavy (non-hydrogen) atoms. The minimum absolute atomic E-state index is 0.132. The zero-order valence-corrected chi connectivity index (χ0v) is 17.9. The minimum Gasteiger partial charge on any atom is -0.478 e. The lowest BCUT2D eigenvalue weighted by atomic mass is 9.95. The van der Waals surface area contributed by atoms with E-state index in [4.69, 9.17) is 4.74 Å². The van der Waals surface area contributed by atoms with Crippen molar-refractivity contribution in [3.63, 3.8) is 0 Å². The van der Waals surface area contributed by atoms with Gasteiger partial charge in [-0.25, -0.2) is 9.59 Å². The van der Waals surface area contributed by atoms with Crippen LogP contribution < -0.4 is 5.32 Å². The van der Waals surface area contributed by atoms with Crippen LogP contribution >= 0.6 is 0 Å². The predicted octanol–water partition coefficient (Wildman–Crippen LogP) is 4.89. The maximum Gasteiger partial charge on any atom is 0.337 e. The van der Waals surface area contributed by atoms with E-state index in [1.807, 2.05) is 26.0 Å². The summed E-state index contributed by atoms with van der Waals surface area (Å²) in [5, 5.41) is 12.1. The van der Waals surface area contributed by atoms with Crippen LogP contribution in [0.4, 0.5) is 5.69 Å². The van der Waals surface area contributed by atoms with Crippen LogP contribution in [0.25, 0.3) is 0 Å². The molecule has 2 N–H and O–H groups in total. The molecule has 0 heterocycles. The number of carbonyl (C=O) groups excluding carboxylic acids is 2. The highest BCUT2D eigenvalue weighted by molar-refractivity contribution is 5.95. The average Bonchev–Trinajstić information content (AvgIpc) is 2.72. The molecule has 2 aromatic carbocycles. The van der Waals surface area contributed by atoms with Crippen LogP contribution in [0.3, 0.4) is 0 Å². The summed E-state index contributed by atoms with van der Waals surface area (Å²) in [4.78, 5) is 35.2. The number of ether oxygens (including phenoxy) is 1. The number of methoxy groups -OCH3 is 1. The number of hydrogen-bond acceptors (Lipinski definition) is 4. The lowest BCUT2D eigenvalue weighted by Crippen LogP contribution is -2.15. The number of carbonyl (C=O) groups is 3. The van der Waals surface area contributed by atoms with Gasteiger partial charge in [-0.1, -0.05) is 39.0 Å². The summed E-state index contributed by atoms with van der Waals surface area (Å²) in [6.45, 7) is 6.07. The number of hydrogen-bond donors (Lipinski definition) is 2. The topological polar surface area (TPSA) is 92.7 Å². The molecule has 160 valence electrons. The molecule has 0 aromatic heterocycles. The molecule has 1 amide bonds. The van der Waals surface area contributed by atoms with Crippen molar-refractivity contribution in [2.45, 2.75) is 46.0 Å². The normalized spacial score (nSPS) is 11.8. The molecule has 1 atom stereocenters. The Morgan fingerprint density at radius 1 is 1.00 bits per heavy atom. The van der Waals surface area contributed by atoms with Gasteiger partial charge in [0.2, 0.25) is 5.91 Å². The van der Waals surface area contributed by atoms with E-state index < -0.39 is 5.97 Å². The molecule has 2 rings (SSSR count). The van der Waals surface area contributed by atoms with E-state index in [1.165, 1.54) is 13.2 Å². The highest BCUT2D eigenvalue weighted by Crippen LogP contribution is 2.26. The minimum atomic E-state index is -1.02. The van der Waals surface area contributed by atoms with Gasteiger partial charge in [0.05, 0.1) is 18.2 Å². The largest absolute Gasteiger partial charge is 0.478 e. The van der Waals surface area contributed by atoms with E-state index in [-0.39, 0.29) is 29.3 Å². The van der Waals surface area contributed by atoms with E-state index in [1.54, 1.807) is 24.3 Å². The molecular weight excluding hydrogens is 382 g/mol. The number of carboxylic acid groups (broad SMARTS) is 1. The van der Waals surface area contributed by atoms with Crippen molar-refractivity contribution in [1.82, 2.24) is 0 Å². The number of benzene rings is 2. The summed E-state index contributed by atoms with van der Waals surface area (Å²) in [5.74, 6) is -1.08. The summed E-state index contributed by atoms with van der Waals surface area (Å²) in [6, 6.07) is 12.1. The highest BCUT2D eigenvalue weighted by atomic mass is 16.5. The maximum absolute atomic E-state index is 12.5. The van der Waals surface area contributed by atoms with Crippen molar-refractivity contribution in [1.29, 1.82) is 0 Å². The van der Waals surface area contributed by atoms with Gasteiger partial charge in [-0.3, -0.25) is 4.79 Å². The Morgan fingerprint density at radius 2 is 1.63 bits per heavy atom. The highest BCUT2D eigenvalue weighted by Gasteiger charge is 2.14. The summed E-state index contributed by atoms with van der Waals surface area (Å²) in [6.07, 6.45) is 1.83. The molecule has 0 saturated heterocycles. The van der Waals surface area contributed by atoms with Crippen molar-refractivity contribution >= 4 is 23.5 Å². The quantitative estimate of drug-likeness (QED) is 0.573. The van der Waals surface area contributed by atoms with Crippen molar-refractivity contribution in [3.8, 4) is 0 Å². The summed E-state index contributed by atoms with van der Waals surface area (Å²) >= 11 is 0. The SMILES string of the molecule is COC(=O)c1ccc(CC(C)CCC(=O)Nc2cc(C(=O)O)ccc2C(C)C)cc1. The number of aromatic carboxylic acids is 1. The molecule has 0 radical (unpaired) electrons. The maximum atomic E-state index is 12.5. The van der Waals surface area contributed by atoms with Crippen LogP contribution in [0, 0.1) is 5.92 Å². The first-order valence-corrected chi connectivity index (χ1v) is 10.1. The smallest absolute Gasteiger partial charge is 0.337 e. The molecule has 6 nitrogen and oxygen atoms in total. The van der Waals surface area contributed by atoms with Crippen LogP contribution in [0.2, 0.25) is 0 Å². The molecule has 2 aromatic rings. The first-order valence-electron chi connectivity index (χ1n) is 10.1. The van der Waals surface area contributed by atoms with Gasteiger partial charge in [0.25, 0.3) is 0 Å². The summed E-state index contributed by atoms with van der Waals surface area (Å²) in [5.41, 5.74) is 3.22. The van der Waals surface area contributed by atoms with Crippen LogP contribution in [0.1, 0.15) is 71.4 Å². The Labute approximate surface area is 177 Å². The fourth-order valence-electron chi connectivity index (χ4n) is 3.29. The molecule has 0 spiro atoms. The Kier molecular flexibility index (Phi) is 8.16. The van der Waals surface area contributed by atoms with Gasteiger partial charge in [0, 0.05) is 12.1 Å². The molecule has 0 aliphatic rings. The van der Waals surface area contributed by atoms with Gasteiger partial charge >= 0.3 is 11.9 Å². The van der Waals surface area contributed by atoms with Crippen LogP contribution in [0.15, 0.2) is 42.5 Å². The number of esters is 1. The van der Waals surface area contributed by atoms with Gasteiger partial charge in [-0.15, -0.1) is 0 Å². The second-order valence-corrected chi connectivity index (χ2v) is 7.85. The van der Waals surface area contributed by atoms with E-state index in [9.17, 15) is 19.5 Å². The molecule has 1 unspecified atom stereocenters. The Morgan fingerprint density at radius 3 is 2.20 bits per heavy atom. The molecule has 0 aliphatic carbocycles. The van der Waals surface area contributed by atoms with Crippen molar-refractivity contribution in [2.75, 3.05) is 12.4 Å². The number of carboxylic acids is 1. The number of nitrogens with one attached hydrogen (secondary N) is 1. The lowest BCUT2D eigenvalue weighted by Gasteiger charge is -2.16. The lowest BCUT2D eigenvalue weighted by molar-refractivity contribution is -0.116. The van der Waals surface area contributed by atoms with Crippen LogP contribution in [-0.2, 0) is 16.0 Å². The second kappa shape index (κ2) is 10.6. The van der Waals surface area contributed by atoms with Gasteiger partial charge in [-0.2, -0.15) is 0 Å². The zero-order valence-electron chi connectivity index (χ0n) is 17.9. The van der Waals surface area contributed by atoms with Crippen molar-refractivity contribution < 1.29 is 24.2 Å². The molecule has 6 heteroatoms. The average molecular weight is 411 g/mol. The van der Waals surface area contributed by atoms with Crippen LogP contribution in [-0.4, -0.2) is 30.1 Å². The fraction of sp³-hybridized carbons (Fsp3) is 0.375. The Hall–Kier alpha value is -3.15. The third kappa shape index (κ3) is 6.44. The van der Waals surface area contributed by atoms with E-state index in [0.29, 0.717) is 24.1 Å². The Balaban J connectivity index is 1.93. The molecule has 0 aliphatic heterocycles. The summed E-state index contributed by atoms with van der Waals surface area (Å²) in [7, 11) is 1.35. The van der Waals surface area contributed by atoms with E-state index >= 15 is 0 Å². The van der Waals surface area contributed by atoms with Gasteiger partial charge in [-0.05, 0) is 60.1 Å². The van der Waals surface area contributed by atoms with E-state index in [0.717, 1.165) is 17.5 Å². The Bertz CT molecular complexity index is 902. The van der Waals surface area contributed by atoms with Crippen molar-refractivity contribution in [2.24, 2.45) is 5.92 Å². The molecule has 0 saturated carbocycles. The van der Waals surface area contributed by atoms with Crippen molar-refractivity contribution in [3.05, 3.63) is 64.7 Å². The number of anilines is 1. The second-order valence-electron chi connectivity index (χ2n) is 7.85. The number of amides is 1. The first kappa shape index (κ1) is 23.1. The van der Waals surface area contributed by atoms with Crippen LogP contribution in [0.5, 0.6) is 0 Å². The molecule has 0 bridgehead atoms. The monoisotopic (exact) mass is 411 g/mol.